The molecule has 0 saturated carbocycles. The lowest BCUT2D eigenvalue weighted by Gasteiger charge is -2.21. The fourth-order valence-electron chi connectivity index (χ4n) is 6.70. The van der Waals surface area contributed by atoms with Crippen LogP contribution in [0.2, 0.25) is 0 Å². The highest BCUT2D eigenvalue weighted by Crippen LogP contribution is 2.18. The molecule has 0 rings (SSSR count). The number of esters is 2. The molecule has 0 bridgehead atoms. The number of ether oxygens (including phenoxy) is 2. The summed E-state index contributed by atoms with van der Waals surface area (Å²) in [5, 5.41) is 9.52. The average Bonchev–Trinajstić information content (AvgIpc) is 3.09. The van der Waals surface area contributed by atoms with E-state index in [9.17, 15) is 14.7 Å². The van der Waals surface area contributed by atoms with Crippen molar-refractivity contribution in [2.75, 3.05) is 32.8 Å². The zero-order valence-electron chi connectivity index (χ0n) is 33.3. The van der Waals surface area contributed by atoms with E-state index in [0.29, 0.717) is 26.0 Å². The van der Waals surface area contributed by atoms with Crippen LogP contribution in [-0.4, -0.2) is 60.9 Å². The van der Waals surface area contributed by atoms with E-state index >= 15 is 0 Å². The summed E-state index contributed by atoms with van der Waals surface area (Å²) >= 11 is 0. The first-order chi connectivity index (χ1) is 24.1. The Morgan fingerprint density at radius 1 is 0.469 bits per heavy atom. The molecule has 0 saturated heterocycles. The van der Waals surface area contributed by atoms with Gasteiger partial charge in [-0.3, -0.25) is 9.59 Å². The van der Waals surface area contributed by atoms with E-state index in [2.05, 4.69) is 25.7 Å². The molecule has 0 aromatic carbocycles. The monoisotopic (exact) mass is 696 g/mol. The summed E-state index contributed by atoms with van der Waals surface area (Å²) < 4.78 is 11.4. The molecule has 0 spiro atoms. The van der Waals surface area contributed by atoms with Crippen molar-refractivity contribution in [1.29, 1.82) is 0 Å². The van der Waals surface area contributed by atoms with E-state index in [0.717, 1.165) is 90.1 Å². The smallest absolute Gasteiger partial charge is 0.306 e. The number of carbonyl (C=O) groups is 2. The van der Waals surface area contributed by atoms with Crippen LogP contribution in [-0.2, 0) is 19.1 Å². The van der Waals surface area contributed by atoms with Gasteiger partial charge in [0.2, 0.25) is 0 Å². The van der Waals surface area contributed by atoms with Gasteiger partial charge in [0.05, 0.1) is 13.2 Å². The van der Waals surface area contributed by atoms with Crippen molar-refractivity contribution in [3.63, 3.8) is 0 Å². The molecule has 0 aliphatic heterocycles. The highest BCUT2D eigenvalue weighted by Gasteiger charge is 2.14. The van der Waals surface area contributed by atoms with Crippen LogP contribution in [0, 0.1) is 0 Å². The molecule has 1 N–H and O–H groups in total. The molecule has 0 fully saturated rings. The minimum atomic E-state index is -0.0502. The largest absolute Gasteiger partial charge is 0.466 e. The molecule has 6 nitrogen and oxygen atoms in total. The van der Waals surface area contributed by atoms with Gasteiger partial charge in [-0.2, -0.15) is 0 Å². The molecule has 292 valence electrons. The summed E-state index contributed by atoms with van der Waals surface area (Å²) in [7, 11) is 0. The van der Waals surface area contributed by atoms with Crippen LogP contribution in [0.4, 0.5) is 0 Å². The summed E-state index contributed by atoms with van der Waals surface area (Å²) in [4.78, 5) is 27.1. The predicted octanol–water partition coefficient (Wildman–Crippen LogP) is 12.3. The Labute approximate surface area is 305 Å². The van der Waals surface area contributed by atoms with Crippen molar-refractivity contribution in [2.45, 2.75) is 232 Å². The summed E-state index contributed by atoms with van der Waals surface area (Å²) in [6, 6.07) is 0. The third-order valence-corrected chi connectivity index (χ3v) is 9.95. The molecular formula is C43H85NO5. The van der Waals surface area contributed by atoms with Crippen LogP contribution in [0.3, 0.4) is 0 Å². The van der Waals surface area contributed by atoms with Crippen LogP contribution in [0.15, 0.2) is 0 Å². The standard InChI is InChI=1S/C43H85NO5/c1-4-7-10-13-15-16-17-23-31-40-48-42(46)34-28-24-30-37-44(38-39-45)36-29-22-18-21-27-35-43(47)49-41(32-25-19-12-9-6-3)33-26-20-14-11-8-5-2/h41,45H,4-40H2,1-3H3. The first-order valence-corrected chi connectivity index (χ1v) is 21.8. The summed E-state index contributed by atoms with van der Waals surface area (Å²) in [5.41, 5.74) is 0. The zero-order valence-corrected chi connectivity index (χ0v) is 33.3. The molecule has 6 heteroatoms. The Balaban J connectivity index is 3.93. The Morgan fingerprint density at radius 3 is 1.35 bits per heavy atom. The van der Waals surface area contributed by atoms with Gasteiger partial charge in [-0.15, -0.1) is 0 Å². The average molecular weight is 696 g/mol. The van der Waals surface area contributed by atoms with Crippen LogP contribution in [0.5, 0.6) is 0 Å². The van der Waals surface area contributed by atoms with Crippen molar-refractivity contribution in [1.82, 2.24) is 4.90 Å². The molecule has 0 amide bonds. The van der Waals surface area contributed by atoms with Crippen molar-refractivity contribution in [3.8, 4) is 0 Å². The first-order valence-electron chi connectivity index (χ1n) is 21.8. The lowest BCUT2D eigenvalue weighted by molar-refractivity contribution is -0.150. The molecule has 1 unspecified atom stereocenters. The maximum absolute atomic E-state index is 12.6. The lowest BCUT2D eigenvalue weighted by Crippen LogP contribution is -2.29. The van der Waals surface area contributed by atoms with E-state index in [4.69, 9.17) is 9.47 Å². The number of hydrogen-bond donors (Lipinski definition) is 1. The molecule has 0 aliphatic rings. The zero-order chi connectivity index (χ0) is 35.9. The van der Waals surface area contributed by atoms with Crippen molar-refractivity contribution in [2.24, 2.45) is 0 Å². The van der Waals surface area contributed by atoms with Crippen LogP contribution in [0.1, 0.15) is 226 Å². The third-order valence-electron chi connectivity index (χ3n) is 9.95. The summed E-state index contributed by atoms with van der Waals surface area (Å²) in [6.07, 6.45) is 37.0. The molecule has 0 heterocycles. The highest BCUT2D eigenvalue weighted by molar-refractivity contribution is 5.69. The van der Waals surface area contributed by atoms with Crippen molar-refractivity contribution in [3.05, 3.63) is 0 Å². The van der Waals surface area contributed by atoms with Crippen molar-refractivity contribution >= 4 is 11.9 Å². The van der Waals surface area contributed by atoms with Gasteiger partial charge < -0.3 is 19.5 Å². The van der Waals surface area contributed by atoms with Crippen LogP contribution >= 0.6 is 0 Å². The number of rotatable bonds is 40. The molecule has 0 aromatic rings. The summed E-state index contributed by atoms with van der Waals surface area (Å²) in [5.74, 6) is -0.0449. The topological polar surface area (TPSA) is 76.1 Å². The fourth-order valence-corrected chi connectivity index (χ4v) is 6.70. The number of nitrogens with zero attached hydrogens (tertiary/aromatic N) is 1. The number of carbonyl (C=O) groups excluding carboxylic acids is 2. The molecule has 1 atom stereocenters. The lowest BCUT2D eigenvalue weighted by atomic mass is 10.0. The minimum Gasteiger partial charge on any atom is -0.466 e. The molecule has 0 aliphatic carbocycles. The Kier molecular flexibility index (Phi) is 38.7. The number of aliphatic hydroxyl groups is 1. The number of unbranched alkanes of at least 4 members (excludes halogenated alkanes) is 23. The maximum Gasteiger partial charge on any atom is 0.306 e. The van der Waals surface area contributed by atoms with Gasteiger partial charge in [0, 0.05) is 19.4 Å². The second kappa shape index (κ2) is 39.6. The quantitative estimate of drug-likeness (QED) is 0.0508. The Morgan fingerprint density at radius 2 is 0.857 bits per heavy atom. The van der Waals surface area contributed by atoms with Gasteiger partial charge in [0.15, 0.2) is 0 Å². The van der Waals surface area contributed by atoms with E-state index in [1.165, 1.54) is 116 Å². The molecular weight excluding hydrogens is 610 g/mol. The van der Waals surface area contributed by atoms with E-state index in [1.807, 2.05) is 0 Å². The second-order valence-electron chi connectivity index (χ2n) is 14.8. The van der Waals surface area contributed by atoms with Crippen molar-refractivity contribution < 1.29 is 24.2 Å². The SMILES string of the molecule is CCCCCCCCCCCOC(=O)CCCCCN(CCO)CCCCCCCC(=O)OC(CCCCCCC)CCCCCCCC. The normalized spacial score (nSPS) is 12.1. The molecule has 49 heavy (non-hydrogen) atoms. The Bertz CT molecular complexity index is 687. The number of hydrogen-bond acceptors (Lipinski definition) is 6. The maximum atomic E-state index is 12.6. The van der Waals surface area contributed by atoms with E-state index < -0.39 is 0 Å². The number of aliphatic hydroxyl groups excluding tert-OH is 1. The Hall–Kier alpha value is -1.14. The van der Waals surface area contributed by atoms with Crippen LogP contribution in [0.25, 0.3) is 0 Å². The van der Waals surface area contributed by atoms with Gasteiger partial charge in [0.1, 0.15) is 6.10 Å². The van der Waals surface area contributed by atoms with Gasteiger partial charge >= 0.3 is 11.9 Å². The second-order valence-corrected chi connectivity index (χ2v) is 14.8. The molecule has 0 aromatic heterocycles. The third kappa shape index (κ3) is 36.5. The first kappa shape index (κ1) is 47.9. The van der Waals surface area contributed by atoms with Gasteiger partial charge in [0.25, 0.3) is 0 Å². The van der Waals surface area contributed by atoms with Gasteiger partial charge in [-0.05, 0) is 70.9 Å². The van der Waals surface area contributed by atoms with E-state index in [1.54, 1.807) is 0 Å². The highest BCUT2D eigenvalue weighted by atomic mass is 16.5. The summed E-state index contributed by atoms with van der Waals surface area (Å²) in [6.45, 7) is 10.2. The fraction of sp³-hybridized carbons (Fsp3) is 0.953. The van der Waals surface area contributed by atoms with Gasteiger partial charge in [-0.1, -0.05) is 156 Å². The molecule has 0 radical (unpaired) electrons. The van der Waals surface area contributed by atoms with Crippen LogP contribution < -0.4 is 0 Å². The minimum absolute atomic E-state index is 0.00530. The van der Waals surface area contributed by atoms with Gasteiger partial charge in [-0.25, -0.2) is 0 Å². The van der Waals surface area contributed by atoms with E-state index in [-0.39, 0.29) is 24.6 Å². The predicted molar refractivity (Wildman–Crippen MR) is 209 cm³/mol.